The van der Waals surface area contributed by atoms with Gasteiger partial charge in [-0.3, -0.25) is 28.2 Å². The van der Waals surface area contributed by atoms with Crippen molar-refractivity contribution in [1.29, 1.82) is 0 Å². The number of rotatable bonds is 13. The van der Waals surface area contributed by atoms with Crippen LogP contribution in [0.3, 0.4) is 0 Å². The van der Waals surface area contributed by atoms with Crippen molar-refractivity contribution in [3.05, 3.63) is 29.8 Å². The molecule has 2 heterocycles. The van der Waals surface area contributed by atoms with E-state index in [-0.39, 0.29) is 4.90 Å². The highest BCUT2D eigenvalue weighted by molar-refractivity contribution is 7.86. The number of methoxy groups -OCH3 is 1. The van der Waals surface area contributed by atoms with Crippen molar-refractivity contribution < 1.29 is 84.3 Å². The third-order valence-corrected chi connectivity index (χ3v) is 8.39. The Hall–Kier alpha value is -3.72. The summed E-state index contributed by atoms with van der Waals surface area (Å²) in [6.45, 7) is 5.61. The summed E-state index contributed by atoms with van der Waals surface area (Å²) in [4.78, 5) is 60.3. The van der Waals surface area contributed by atoms with Gasteiger partial charge in [0.1, 0.15) is 31.0 Å². The van der Waals surface area contributed by atoms with Gasteiger partial charge in [0.15, 0.2) is 37.0 Å². The summed E-state index contributed by atoms with van der Waals surface area (Å²) in [5.74, 6) is -4.31. The van der Waals surface area contributed by atoms with Gasteiger partial charge in [-0.15, -0.1) is 0 Å². The molecule has 10 atom stereocenters. The van der Waals surface area contributed by atoms with E-state index in [1.165, 1.54) is 19.2 Å². The second kappa shape index (κ2) is 17.3. The molecule has 0 aromatic heterocycles. The summed E-state index contributed by atoms with van der Waals surface area (Å²) in [5.41, 5.74) is 0.782. The molecule has 1 N–H and O–H groups in total. The zero-order chi connectivity index (χ0) is 36.6. The first-order valence-electron chi connectivity index (χ1n) is 14.9. The molecule has 18 nitrogen and oxygen atoms in total. The van der Waals surface area contributed by atoms with Gasteiger partial charge in [-0.05, 0) is 19.1 Å². The second-order valence-electron chi connectivity index (χ2n) is 11.1. The first kappa shape index (κ1) is 39.7. The average molecular weight is 721 g/mol. The molecule has 0 bridgehead atoms. The summed E-state index contributed by atoms with van der Waals surface area (Å²) in [6.07, 6.45) is -16.1. The molecule has 2 aliphatic rings. The Balaban J connectivity index is 2.07. The quantitative estimate of drug-likeness (QED) is 0.158. The van der Waals surface area contributed by atoms with E-state index in [4.69, 9.17) is 46.8 Å². The lowest BCUT2D eigenvalue weighted by Crippen LogP contribution is -2.66. The molecule has 0 unspecified atom stereocenters. The maximum Gasteiger partial charge on any atom is 0.303 e. The summed E-state index contributed by atoms with van der Waals surface area (Å²) < 4.78 is 81.0. The van der Waals surface area contributed by atoms with E-state index in [0.29, 0.717) is 0 Å². The summed E-state index contributed by atoms with van der Waals surface area (Å²) in [5, 5.41) is 11.2. The van der Waals surface area contributed by atoms with Gasteiger partial charge in [0.25, 0.3) is 10.1 Å². The number of aryl methyl sites for hydroxylation is 1. The van der Waals surface area contributed by atoms with E-state index in [1.54, 1.807) is 19.1 Å². The lowest BCUT2D eigenvalue weighted by molar-refractivity contribution is -0.358. The molecule has 1 aromatic rings. The SMILES string of the molecule is CO[C@@H]1O[C@H](COC(C)=O)[C@@H](O[C@@H]2O[C@H](COS(=O)(=O)c3ccc(C)cc3)[C@H](O)[C@H](OC(C)=O)[C@H]2OC(C)=O)[C@H](OC(C)=O)[C@H]1OC(C)=O. The molecule has 274 valence electrons. The van der Waals surface area contributed by atoms with Crippen molar-refractivity contribution in [2.24, 2.45) is 0 Å². The zero-order valence-electron chi connectivity index (χ0n) is 27.8. The molecule has 49 heavy (non-hydrogen) atoms. The molecule has 2 aliphatic heterocycles. The molecular weight excluding hydrogens is 680 g/mol. The van der Waals surface area contributed by atoms with Crippen LogP contribution in [0.15, 0.2) is 29.2 Å². The minimum absolute atomic E-state index is 0.202. The Bertz CT molecular complexity index is 1440. The highest BCUT2D eigenvalue weighted by Gasteiger charge is 2.56. The van der Waals surface area contributed by atoms with Crippen LogP contribution in [0, 0.1) is 6.92 Å². The molecule has 0 amide bonds. The van der Waals surface area contributed by atoms with Crippen molar-refractivity contribution in [1.82, 2.24) is 0 Å². The fourth-order valence-corrected chi connectivity index (χ4v) is 5.99. The van der Waals surface area contributed by atoms with Crippen LogP contribution in [0.1, 0.15) is 40.2 Å². The maximum absolute atomic E-state index is 13.0. The lowest BCUT2D eigenvalue weighted by atomic mass is 9.96. The predicted molar refractivity (Wildman–Crippen MR) is 158 cm³/mol. The van der Waals surface area contributed by atoms with Gasteiger partial charge in [-0.25, -0.2) is 0 Å². The third-order valence-electron chi connectivity index (χ3n) is 7.09. The molecule has 19 heteroatoms. The molecule has 2 fully saturated rings. The molecular formula is C30H40O18S. The number of ether oxygens (including phenoxy) is 9. The fourth-order valence-electron chi connectivity index (χ4n) is 5.07. The van der Waals surface area contributed by atoms with Gasteiger partial charge in [0.2, 0.25) is 0 Å². The van der Waals surface area contributed by atoms with Gasteiger partial charge in [0, 0.05) is 41.7 Å². The fraction of sp³-hybridized carbons (Fsp3) is 0.633. The van der Waals surface area contributed by atoms with Gasteiger partial charge in [0.05, 0.1) is 11.5 Å². The number of carbonyl (C=O) groups excluding carboxylic acids is 5. The number of hydrogen-bond acceptors (Lipinski definition) is 18. The van der Waals surface area contributed by atoms with Crippen molar-refractivity contribution in [2.75, 3.05) is 20.3 Å². The van der Waals surface area contributed by atoms with Gasteiger partial charge >= 0.3 is 29.8 Å². The molecule has 3 rings (SSSR count). The van der Waals surface area contributed by atoms with Gasteiger partial charge < -0.3 is 47.7 Å². The van der Waals surface area contributed by atoms with E-state index in [0.717, 1.165) is 40.2 Å². The Kier molecular flexibility index (Phi) is 14.0. The number of hydrogen-bond donors (Lipinski definition) is 1. The van der Waals surface area contributed by atoms with Crippen molar-refractivity contribution >= 4 is 40.0 Å². The van der Waals surface area contributed by atoms with Gasteiger partial charge in [-0.2, -0.15) is 8.42 Å². The van der Waals surface area contributed by atoms with Crippen molar-refractivity contribution in [2.45, 2.75) is 108 Å². The van der Waals surface area contributed by atoms with Crippen LogP contribution in [0.2, 0.25) is 0 Å². The van der Waals surface area contributed by atoms with Crippen LogP contribution in [-0.4, -0.2) is 125 Å². The molecule has 0 saturated carbocycles. The third kappa shape index (κ3) is 10.9. The maximum atomic E-state index is 13.0. The smallest absolute Gasteiger partial charge is 0.303 e. The minimum atomic E-state index is -4.41. The summed E-state index contributed by atoms with van der Waals surface area (Å²) in [6, 6.07) is 5.70. The second-order valence-corrected chi connectivity index (χ2v) is 12.7. The van der Waals surface area contributed by atoms with E-state index >= 15 is 0 Å². The highest BCUT2D eigenvalue weighted by Crippen LogP contribution is 2.34. The van der Waals surface area contributed by atoms with Crippen LogP contribution in [0.25, 0.3) is 0 Å². The number of aliphatic hydroxyl groups excluding tert-OH is 1. The monoisotopic (exact) mass is 720 g/mol. The van der Waals surface area contributed by atoms with Crippen LogP contribution < -0.4 is 0 Å². The van der Waals surface area contributed by atoms with Crippen molar-refractivity contribution in [3.8, 4) is 0 Å². The normalized spacial score (nSPS) is 30.0. The molecule has 0 radical (unpaired) electrons. The van der Waals surface area contributed by atoms with E-state index in [2.05, 4.69) is 0 Å². The Morgan fingerprint density at radius 1 is 0.673 bits per heavy atom. The molecule has 1 aromatic carbocycles. The Morgan fingerprint density at radius 2 is 1.16 bits per heavy atom. The topological polar surface area (TPSA) is 232 Å². The van der Waals surface area contributed by atoms with Crippen molar-refractivity contribution in [3.63, 3.8) is 0 Å². The lowest BCUT2D eigenvalue weighted by Gasteiger charge is -2.48. The molecule has 2 saturated heterocycles. The van der Waals surface area contributed by atoms with Crippen LogP contribution in [-0.2, 0) is 80.9 Å². The number of aliphatic hydroxyl groups is 1. The standard InChI is InChI=1S/C30H40O18S/c1-14-8-10-20(11-9-14)49(37,38)41-13-21-23(36)25(42-16(3)32)27(44-18(5)34)30(46-21)48-24-22(12-40-15(2)31)47-29(39-7)28(45-19(6)35)26(24)43-17(4)33/h8-11,21-30,36H,12-13H2,1-7H3/t21-,22-,23+,24-,25+,26+,27-,28-,29-,30+/m1/s1. The van der Waals surface area contributed by atoms with E-state index in [1.807, 2.05) is 0 Å². The zero-order valence-corrected chi connectivity index (χ0v) is 28.6. The summed E-state index contributed by atoms with van der Waals surface area (Å²) >= 11 is 0. The first-order chi connectivity index (χ1) is 22.9. The Morgan fingerprint density at radius 3 is 1.67 bits per heavy atom. The largest absolute Gasteiger partial charge is 0.463 e. The number of esters is 5. The summed E-state index contributed by atoms with van der Waals surface area (Å²) in [7, 11) is -3.20. The van der Waals surface area contributed by atoms with E-state index in [9.17, 15) is 37.5 Å². The van der Waals surface area contributed by atoms with Crippen LogP contribution in [0.4, 0.5) is 0 Å². The molecule has 0 spiro atoms. The Labute approximate surface area is 282 Å². The van der Waals surface area contributed by atoms with E-state index < -0.39 is 115 Å². The molecule has 0 aliphatic carbocycles. The minimum Gasteiger partial charge on any atom is -0.463 e. The van der Waals surface area contributed by atoms with Crippen LogP contribution >= 0.6 is 0 Å². The average Bonchev–Trinajstić information content (AvgIpc) is 2.99. The number of benzene rings is 1. The first-order valence-corrected chi connectivity index (χ1v) is 16.3. The highest BCUT2D eigenvalue weighted by atomic mass is 32.2. The predicted octanol–water partition coefficient (Wildman–Crippen LogP) is -0.167. The number of carbonyl (C=O) groups is 5. The van der Waals surface area contributed by atoms with Crippen LogP contribution in [0.5, 0.6) is 0 Å². The van der Waals surface area contributed by atoms with Gasteiger partial charge in [-0.1, -0.05) is 17.7 Å².